The molecule has 1 aromatic heterocycles. The Morgan fingerprint density at radius 3 is 2.70 bits per heavy atom. The molecule has 2 aromatic rings. The molecule has 1 aromatic carbocycles. The molecular formula is C15H15FN2OS. The van der Waals surface area contributed by atoms with Crippen molar-refractivity contribution < 1.29 is 9.18 Å². The van der Waals surface area contributed by atoms with Crippen molar-refractivity contribution in [3.05, 3.63) is 46.2 Å². The fourth-order valence-electron chi connectivity index (χ4n) is 2.16. The van der Waals surface area contributed by atoms with E-state index >= 15 is 0 Å². The summed E-state index contributed by atoms with van der Waals surface area (Å²) in [6.07, 6.45) is 3.16. The highest BCUT2D eigenvalue weighted by Crippen LogP contribution is 2.43. The molecule has 3 rings (SSSR count). The van der Waals surface area contributed by atoms with Crippen LogP contribution in [0.4, 0.5) is 9.52 Å². The van der Waals surface area contributed by atoms with Crippen molar-refractivity contribution in [2.45, 2.75) is 25.3 Å². The molecule has 0 aliphatic heterocycles. The smallest absolute Gasteiger partial charge is 0.186 e. The first-order valence-corrected chi connectivity index (χ1v) is 7.40. The van der Waals surface area contributed by atoms with E-state index in [9.17, 15) is 9.18 Å². The molecule has 0 atom stereocenters. The summed E-state index contributed by atoms with van der Waals surface area (Å²) in [4.78, 5) is 18.4. The zero-order valence-corrected chi connectivity index (χ0v) is 12.0. The molecule has 0 bridgehead atoms. The monoisotopic (exact) mass is 290 g/mol. The number of aldehydes is 1. The zero-order chi connectivity index (χ0) is 14.1. The van der Waals surface area contributed by atoms with Crippen molar-refractivity contribution in [2.75, 3.05) is 11.9 Å². The summed E-state index contributed by atoms with van der Waals surface area (Å²) in [5.41, 5.74) is 1.97. The molecule has 0 unspecified atom stereocenters. The summed E-state index contributed by atoms with van der Waals surface area (Å²) in [6, 6.07) is 6.44. The molecule has 0 radical (unpaired) electrons. The third kappa shape index (κ3) is 2.72. The molecule has 104 valence electrons. The van der Waals surface area contributed by atoms with Gasteiger partial charge in [0.2, 0.25) is 0 Å². The zero-order valence-electron chi connectivity index (χ0n) is 11.2. The van der Waals surface area contributed by atoms with Crippen LogP contribution in [0.5, 0.6) is 0 Å². The Labute approximate surface area is 121 Å². The maximum Gasteiger partial charge on any atom is 0.186 e. The van der Waals surface area contributed by atoms with Crippen LogP contribution in [0.1, 0.15) is 39.7 Å². The lowest BCUT2D eigenvalue weighted by Crippen LogP contribution is -2.16. The lowest BCUT2D eigenvalue weighted by Gasteiger charge is -2.15. The molecule has 5 heteroatoms. The minimum Gasteiger partial charge on any atom is -0.347 e. The van der Waals surface area contributed by atoms with Crippen molar-refractivity contribution in [1.82, 2.24) is 4.98 Å². The van der Waals surface area contributed by atoms with E-state index in [-0.39, 0.29) is 5.82 Å². The van der Waals surface area contributed by atoms with Crippen molar-refractivity contribution in [3.8, 4) is 0 Å². The molecule has 0 saturated heterocycles. The number of anilines is 1. The van der Waals surface area contributed by atoms with Crippen molar-refractivity contribution in [3.63, 3.8) is 0 Å². The van der Waals surface area contributed by atoms with Crippen LogP contribution >= 0.6 is 11.3 Å². The van der Waals surface area contributed by atoms with E-state index in [4.69, 9.17) is 0 Å². The molecule has 1 saturated carbocycles. The first kappa shape index (κ1) is 13.2. The van der Waals surface area contributed by atoms with Crippen LogP contribution in [0, 0.1) is 5.82 Å². The number of aromatic nitrogens is 1. The van der Waals surface area contributed by atoms with Gasteiger partial charge in [0.05, 0.1) is 10.6 Å². The molecule has 1 aliphatic rings. The molecule has 20 heavy (non-hydrogen) atoms. The minimum absolute atomic E-state index is 0.232. The Bertz CT molecular complexity index is 619. The third-order valence-electron chi connectivity index (χ3n) is 3.40. The first-order chi connectivity index (χ1) is 9.67. The minimum atomic E-state index is -0.232. The summed E-state index contributed by atoms with van der Waals surface area (Å²) >= 11 is 1.43. The largest absolute Gasteiger partial charge is 0.347 e. The molecule has 1 heterocycles. The number of nitrogens with zero attached hydrogens (tertiary/aromatic N) is 2. The van der Waals surface area contributed by atoms with Gasteiger partial charge >= 0.3 is 0 Å². The molecule has 1 fully saturated rings. The van der Waals surface area contributed by atoms with Crippen LogP contribution < -0.4 is 4.90 Å². The van der Waals surface area contributed by atoms with Crippen molar-refractivity contribution in [1.29, 1.82) is 0 Å². The summed E-state index contributed by atoms with van der Waals surface area (Å²) in [7, 11) is 1.94. The van der Waals surface area contributed by atoms with E-state index in [1.165, 1.54) is 23.5 Å². The molecule has 3 nitrogen and oxygen atoms in total. The van der Waals surface area contributed by atoms with Gasteiger partial charge in [-0.25, -0.2) is 9.37 Å². The average molecular weight is 290 g/mol. The van der Waals surface area contributed by atoms with E-state index in [2.05, 4.69) is 4.98 Å². The third-order valence-corrected chi connectivity index (χ3v) is 4.51. The number of hydrogen-bond acceptors (Lipinski definition) is 4. The fourth-order valence-corrected chi connectivity index (χ4v) is 3.09. The average Bonchev–Trinajstić information content (AvgIpc) is 3.20. The van der Waals surface area contributed by atoms with Crippen molar-refractivity contribution >= 4 is 22.8 Å². The second kappa shape index (κ2) is 5.32. The highest BCUT2D eigenvalue weighted by molar-refractivity contribution is 7.17. The predicted octanol–water partition coefficient (Wildman–Crippen LogP) is 3.61. The standard InChI is InChI=1S/C15H15FN2OS/c1-18(8-10-2-6-12(16)7-3-10)15-17-14(11-4-5-11)13(9-19)20-15/h2-3,6-7,9,11H,4-5,8H2,1H3. The van der Waals surface area contributed by atoms with Crippen molar-refractivity contribution in [2.24, 2.45) is 0 Å². The Morgan fingerprint density at radius 1 is 1.40 bits per heavy atom. The van der Waals surface area contributed by atoms with Gasteiger partial charge in [-0.1, -0.05) is 23.5 Å². The van der Waals surface area contributed by atoms with E-state index in [0.29, 0.717) is 12.5 Å². The van der Waals surface area contributed by atoms with E-state index in [1.54, 1.807) is 12.1 Å². The van der Waals surface area contributed by atoms with Crippen LogP contribution in [0.2, 0.25) is 0 Å². The van der Waals surface area contributed by atoms with E-state index < -0.39 is 0 Å². The van der Waals surface area contributed by atoms with Gasteiger partial charge in [0.25, 0.3) is 0 Å². The van der Waals surface area contributed by atoms with Crippen LogP contribution in [-0.2, 0) is 6.54 Å². The van der Waals surface area contributed by atoms with E-state index in [1.807, 2.05) is 11.9 Å². The van der Waals surface area contributed by atoms with Gasteiger partial charge in [0.15, 0.2) is 11.4 Å². The van der Waals surface area contributed by atoms with Gasteiger partial charge in [-0.2, -0.15) is 0 Å². The fraction of sp³-hybridized carbons (Fsp3) is 0.333. The summed E-state index contributed by atoms with van der Waals surface area (Å²) < 4.78 is 12.9. The van der Waals surface area contributed by atoms with Gasteiger partial charge in [-0.3, -0.25) is 4.79 Å². The summed E-state index contributed by atoms with van der Waals surface area (Å²) in [5.74, 6) is 0.240. The second-order valence-electron chi connectivity index (χ2n) is 5.12. The lowest BCUT2D eigenvalue weighted by molar-refractivity contribution is 0.112. The quantitative estimate of drug-likeness (QED) is 0.789. The Balaban J connectivity index is 1.77. The van der Waals surface area contributed by atoms with Crippen LogP contribution in [0.15, 0.2) is 24.3 Å². The molecular weight excluding hydrogens is 275 g/mol. The van der Waals surface area contributed by atoms with Crippen LogP contribution in [0.25, 0.3) is 0 Å². The molecule has 0 spiro atoms. The Morgan fingerprint density at radius 2 is 2.10 bits per heavy atom. The molecule has 0 amide bonds. The number of halogens is 1. The Kier molecular flexibility index (Phi) is 3.53. The Hall–Kier alpha value is -1.75. The number of hydrogen-bond donors (Lipinski definition) is 0. The maximum absolute atomic E-state index is 12.9. The number of thiazole rings is 1. The van der Waals surface area contributed by atoms with Crippen LogP contribution in [-0.4, -0.2) is 18.3 Å². The number of carbonyl (C=O) groups is 1. The predicted molar refractivity (Wildman–Crippen MR) is 78.0 cm³/mol. The van der Waals surface area contributed by atoms with Gasteiger partial charge in [-0.15, -0.1) is 0 Å². The number of rotatable bonds is 5. The molecule has 0 N–H and O–H groups in total. The van der Waals surface area contributed by atoms with Gasteiger partial charge in [0.1, 0.15) is 5.82 Å². The highest BCUT2D eigenvalue weighted by atomic mass is 32.1. The number of benzene rings is 1. The van der Waals surface area contributed by atoms with Gasteiger partial charge in [-0.05, 0) is 30.5 Å². The van der Waals surface area contributed by atoms with E-state index in [0.717, 1.165) is 40.4 Å². The summed E-state index contributed by atoms with van der Waals surface area (Å²) in [5, 5.41) is 0.846. The summed E-state index contributed by atoms with van der Waals surface area (Å²) in [6.45, 7) is 0.649. The van der Waals surface area contributed by atoms with Gasteiger partial charge in [0, 0.05) is 19.5 Å². The second-order valence-corrected chi connectivity index (χ2v) is 6.13. The lowest BCUT2D eigenvalue weighted by atomic mass is 10.2. The topological polar surface area (TPSA) is 33.2 Å². The normalized spacial score (nSPS) is 14.3. The SMILES string of the molecule is CN(Cc1ccc(F)cc1)c1nc(C2CC2)c(C=O)s1. The van der Waals surface area contributed by atoms with Gasteiger partial charge < -0.3 is 4.90 Å². The highest BCUT2D eigenvalue weighted by Gasteiger charge is 2.30. The van der Waals surface area contributed by atoms with Crippen LogP contribution in [0.3, 0.4) is 0 Å². The number of carbonyl (C=O) groups excluding carboxylic acids is 1. The molecule has 1 aliphatic carbocycles. The first-order valence-electron chi connectivity index (χ1n) is 6.59. The maximum atomic E-state index is 12.9.